The number of rotatable bonds is 5. The van der Waals surface area contributed by atoms with E-state index in [1.54, 1.807) is 0 Å². The van der Waals surface area contributed by atoms with Crippen molar-refractivity contribution in [3.8, 4) is 0 Å². The fourth-order valence-corrected chi connectivity index (χ4v) is 6.54. The number of alkyl halides is 6. The number of aliphatic hydroxyl groups is 2. The van der Waals surface area contributed by atoms with Gasteiger partial charge in [-0.15, -0.1) is 0 Å². The summed E-state index contributed by atoms with van der Waals surface area (Å²) in [5.41, 5.74) is 2.81. The monoisotopic (exact) mass is 575 g/mol. The first-order valence-corrected chi connectivity index (χ1v) is 10.7. The SMILES string of the molecule is C/C(O)=C/C(=O)C(F)(F)F.C/C(O)=C/C(=O)C(F)(F)F.CC(C)[PH+](C(C)C)C(C)C.[Pd]. The van der Waals surface area contributed by atoms with Crippen molar-refractivity contribution < 1.29 is 66.6 Å². The van der Waals surface area contributed by atoms with E-state index in [1.165, 1.54) is 0 Å². The Hall–Kier alpha value is -0.908. The topological polar surface area (TPSA) is 74.6 Å². The van der Waals surface area contributed by atoms with Crippen LogP contribution in [-0.2, 0) is 30.0 Å². The molecule has 31 heavy (non-hydrogen) atoms. The van der Waals surface area contributed by atoms with Crippen molar-refractivity contribution in [3.05, 3.63) is 23.7 Å². The molecule has 0 aliphatic rings. The summed E-state index contributed by atoms with van der Waals surface area (Å²) < 4.78 is 67.8. The molecular weight excluding hydrogens is 544 g/mol. The van der Waals surface area contributed by atoms with Gasteiger partial charge in [-0.2, -0.15) is 26.3 Å². The van der Waals surface area contributed by atoms with E-state index in [1.807, 2.05) is 0 Å². The number of carbonyl (C=O) groups is 2. The van der Waals surface area contributed by atoms with Crippen LogP contribution in [0, 0.1) is 0 Å². The maximum absolute atomic E-state index is 11.3. The van der Waals surface area contributed by atoms with Crippen molar-refractivity contribution in [2.75, 3.05) is 0 Å². The Morgan fingerprint density at radius 1 is 0.677 bits per heavy atom. The largest absolute Gasteiger partial charge is 0.512 e. The number of halogens is 6. The van der Waals surface area contributed by atoms with Crippen molar-refractivity contribution in [2.45, 2.75) is 84.7 Å². The maximum atomic E-state index is 11.3. The summed E-state index contributed by atoms with van der Waals surface area (Å²) in [5, 5.41) is 16.5. The fraction of sp³-hybridized carbons (Fsp3) is 0.684. The van der Waals surface area contributed by atoms with Gasteiger partial charge in [-0.25, -0.2) is 0 Å². The Kier molecular flexibility index (Phi) is 20.1. The third kappa shape index (κ3) is 22.1. The van der Waals surface area contributed by atoms with Crippen LogP contribution in [0.4, 0.5) is 26.3 Å². The van der Waals surface area contributed by atoms with Crippen LogP contribution in [0.25, 0.3) is 0 Å². The standard InChI is InChI=1S/C9H21P.2C5H5F3O2.Pd/c1-7(2)10(8(3)4)9(5)6;2*1-3(9)2-4(10)5(6,7)8;/h7-9H,1-6H3;2*2,9H,1H3;/p+1/b;2*3-2-;. The van der Waals surface area contributed by atoms with Gasteiger partial charge in [0.1, 0.15) is 0 Å². The van der Waals surface area contributed by atoms with Crippen molar-refractivity contribution in [3.63, 3.8) is 0 Å². The summed E-state index contributed by atoms with van der Waals surface area (Å²) in [6, 6.07) is 0. The molecule has 0 aliphatic heterocycles. The van der Waals surface area contributed by atoms with E-state index < -0.39 is 35.4 Å². The van der Waals surface area contributed by atoms with Crippen molar-refractivity contribution in [2.24, 2.45) is 0 Å². The first kappa shape index (κ1) is 37.4. The van der Waals surface area contributed by atoms with Crippen molar-refractivity contribution in [1.82, 2.24) is 0 Å². The molecule has 0 saturated heterocycles. The van der Waals surface area contributed by atoms with E-state index in [-0.39, 0.29) is 40.5 Å². The maximum Gasteiger partial charge on any atom is 0.454 e. The van der Waals surface area contributed by atoms with Gasteiger partial charge in [-0.1, -0.05) is 0 Å². The van der Waals surface area contributed by atoms with Crippen LogP contribution in [0.2, 0.25) is 0 Å². The predicted octanol–water partition coefficient (Wildman–Crippen LogP) is 6.58. The van der Waals surface area contributed by atoms with Gasteiger partial charge in [0, 0.05) is 40.5 Å². The first-order chi connectivity index (χ1) is 13.1. The van der Waals surface area contributed by atoms with E-state index in [9.17, 15) is 35.9 Å². The van der Waals surface area contributed by atoms with E-state index in [2.05, 4.69) is 41.5 Å². The molecule has 2 N–H and O–H groups in total. The molecule has 0 spiro atoms. The number of hydrogen-bond acceptors (Lipinski definition) is 4. The average Bonchev–Trinajstić information content (AvgIpc) is 2.43. The molecule has 0 aliphatic carbocycles. The second-order valence-electron chi connectivity index (χ2n) is 7.26. The van der Waals surface area contributed by atoms with Crippen LogP contribution in [-0.4, -0.2) is 51.1 Å². The van der Waals surface area contributed by atoms with E-state index in [0.29, 0.717) is 0 Å². The Morgan fingerprint density at radius 2 is 0.871 bits per heavy atom. The predicted molar refractivity (Wildman–Crippen MR) is 109 cm³/mol. The Labute approximate surface area is 194 Å². The third-order valence-corrected chi connectivity index (χ3v) is 7.24. The molecule has 0 amide bonds. The van der Waals surface area contributed by atoms with Crippen molar-refractivity contribution in [1.29, 1.82) is 0 Å². The van der Waals surface area contributed by atoms with Gasteiger partial charge in [0.05, 0.1) is 28.5 Å². The molecule has 12 heteroatoms. The molecule has 0 aromatic carbocycles. The summed E-state index contributed by atoms with van der Waals surface area (Å²) in [6.45, 7) is 16.2. The normalized spacial score (nSPS) is 12.7. The molecule has 0 aromatic heterocycles. The second kappa shape index (κ2) is 16.7. The molecule has 4 nitrogen and oxygen atoms in total. The number of carbonyl (C=O) groups excluding carboxylic acids is 2. The quantitative estimate of drug-likeness (QED) is 0.128. The summed E-state index contributed by atoms with van der Waals surface area (Å²) in [6.07, 6.45) is -9.52. The minimum atomic E-state index is -4.88. The number of allylic oxidation sites excluding steroid dienone is 4. The summed E-state index contributed by atoms with van der Waals surface area (Å²) >= 11 is 0. The second-order valence-corrected chi connectivity index (χ2v) is 11.7. The Bertz CT molecular complexity index is 530. The molecule has 0 bridgehead atoms. The molecule has 0 aromatic rings. The summed E-state index contributed by atoms with van der Waals surface area (Å²) in [5.74, 6) is -5.40. The fourth-order valence-electron chi connectivity index (χ4n) is 2.54. The third-order valence-electron chi connectivity index (χ3n) is 3.24. The number of aliphatic hydroxyl groups excluding tert-OH is 2. The Balaban J connectivity index is -0.000000174. The zero-order valence-electron chi connectivity index (χ0n) is 18.7. The molecule has 0 radical (unpaired) electrons. The molecule has 0 fully saturated rings. The zero-order valence-corrected chi connectivity index (χ0v) is 21.2. The van der Waals surface area contributed by atoms with Gasteiger partial charge in [0.2, 0.25) is 0 Å². The molecule has 0 rings (SSSR count). The molecule has 0 saturated carbocycles. The van der Waals surface area contributed by atoms with E-state index in [0.717, 1.165) is 30.8 Å². The van der Waals surface area contributed by atoms with Crippen LogP contribution in [0.5, 0.6) is 0 Å². The van der Waals surface area contributed by atoms with Gasteiger partial charge in [0.15, 0.2) is 0 Å². The van der Waals surface area contributed by atoms with Gasteiger partial charge >= 0.3 is 12.4 Å². The smallest absolute Gasteiger partial charge is 0.454 e. The Morgan fingerprint density at radius 3 is 0.903 bits per heavy atom. The van der Waals surface area contributed by atoms with Gasteiger partial charge < -0.3 is 10.2 Å². The first-order valence-electron chi connectivity index (χ1n) is 8.97. The molecule has 0 unspecified atom stereocenters. The van der Waals surface area contributed by atoms with Crippen LogP contribution in [0.3, 0.4) is 0 Å². The molecule has 0 atom stereocenters. The summed E-state index contributed by atoms with van der Waals surface area (Å²) in [7, 11) is -0.0957. The van der Waals surface area contributed by atoms with Crippen LogP contribution in [0.1, 0.15) is 55.4 Å². The van der Waals surface area contributed by atoms with Gasteiger partial charge in [-0.3, -0.25) is 9.59 Å². The number of hydrogen-bond donors (Lipinski definition) is 2. The van der Waals surface area contributed by atoms with Crippen molar-refractivity contribution >= 4 is 19.5 Å². The summed E-state index contributed by atoms with van der Waals surface area (Å²) in [4.78, 5) is 19.8. The molecular formula is C19H32F6O4PPd+. The molecule has 188 valence electrons. The van der Waals surface area contributed by atoms with Crippen LogP contribution in [0.15, 0.2) is 23.7 Å². The van der Waals surface area contributed by atoms with E-state index in [4.69, 9.17) is 10.2 Å². The molecule has 0 heterocycles. The zero-order chi connectivity index (χ0) is 25.0. The number of ketones is 2. The van der Waals surface area contributed by atoms with Crippen LogP contribution >= 0.6 is 7.92 Å². The van der Waals surface area contributed by atoms with Crippen LogP contribution < -0.4 is 0 Å². The minimum Gasteiger partial charge on any atom is -0.512 e. The van der Waals surface area contributed by atoms with E-state index >= 15 is 0 Å². The van der Waals surface area contributed by atoms with Gasteiger partial charge in [0.25, 0.3) is 11.6 Å². The average molecular weight is 576 g/mol. The minimum absolute atomic E-state index is 0. The van der Waals surface area contributed by atoms with Gasteiger partial charge in [-0.05, 0) is 55.4 Å².